The Balaban J connectivity index is 1.69. The van der Waals surface area contributed by atoms with Crippen molar-refractivity contribution in [3.05, 3.63) is 34.8 Å². The summed E-state index contributed by atoms with van der Waals surface area (Å²) in [6, 6.07) is 5.66. The molecule has 0 spiro atoms. The number of nitrogens with one attached hydrogen (secondary N) is 1. The summed E-state index contributed by atoms with van der Waals surface area (Å²) >= 11 is 0.971. The van der Waals surface area contributed by atoms with Crippen molar-refractivity contribution in [3.63, 3.8) is 0 Å². The van der Waals surface area contributed by atoms with E-state index >= 15 is 0 Å². The zero-order valence-electron chi connectivity index (χ0n) is 13.6. The Hall–Kier alpha value is -2.37. The van der Waals surface area contributed by atoms with Gasteiger partial charge in [0.05, 0.1) is 11.3 Å². The fourth-order valence-corrected chi connectivity index (χ4v) is 4.77. The molecule has 0 saturated carbocycles. The van der Waals surface area contributed by atoms with E-state index < -0.39 is 21.9 Å². The van der Waals surface area contributed by atoms with Gasteiger partial charge in [0, 0.05) is 18.7 Å². The standard InChI is InChI=1S/C15H16N4O5S2/c20-13(21)9-12-17-18-15(25-12)16-14(22)10-3-5-11(6-4-10)26(23,24)19-7-1-2-8-19/h3-6H,1-2,7-9H2,(H,20,21)(H,16,18,22). The predicted octanol–water partition coefficient (Wildman–Crippen LogP) is 1.20. The normalized spacial score (nSPS) is 15.1. The van der Waals surface area contributed by atoms with E-state index in [0.717, 1.165) is 24.2 Å². The number of benzene rings is 1. The van der Waals surface area contributed by atoms with Gasteiger partial charge in [0.25, 0.3) is 5.91 Å². The van der Waals surface area contributed by atoms with Gasteiger partial charge in [-0.15, -0.1) is 10.2 Å². The van der Waals surface area contributed by atoms with Crippen LogP contribution in [0.25, 0.3) is 0 Å². The van der Waals surface area contributed by atoms with E-state index in [2.05, 4.69) is 15.5 Å². The molecule has 0 bridgehead atoms. The number of aliphatic carboxylic acids is 1. The number of carbonyl (C=O) groups excluding carboxylic acids is 1. The van der Waals surface area contributed by atoms with Gasteiger partial charge in [-0.2, -0.15) is 4.31 Å². The molecular weight excluding hydrogens is 380 g/mol. The summed E-state index contributed by atoms with van der Waals surface area (Å²) in [5.41, 5.74) is 0.264. The number of nitrogens with zero attached hydrogens (tertiary/aromatic N) is 3. The minimum Gasteiger partial charge on any atom is -0.481 e. The number of carboxylic acid groups (broad SMARTS) is 1. The summed E-state index contributed by atoms with van der Waals surface area (Å²) in [5.74, 6) is -1.51. The summed E-state index contributed by atoms with van der Waals surface area (Å²) in [6.07, 6.45) is 1.44. The molecule has 0 atom stereocenters. The van der Waals surface area contributed by atoms with Gasteiger partial charge in [-0.05, 0) is 37.1 Å². The zero-order chi connectivity index (χ0) is 18.7. The monoisotopic (exact) mass is 396 g/mol. The SMILES string of the molecule is O=C(O)Cc1nnc(NC(=O)c2ccc(S(=O)(=O)N3CCCC3)cc2)s1. The molecule has 9 nitrogen and oxygen atoms in total. The van der Waals surface area contributed by atoms with Crippen molar-refractivity contribution in [2.45, 2.75) is 24.2 Å². The van der Waals surface area contributed by atoms with E-state index in [1.165, 1.54) is 28.6 Å². The van der Waals surface area contributed by atoms with Crippen LogP contribution in [0.15, 0.2) is 29.2 Å². The Labute approximate surface area is 153 Å². The van der Waals surface area contributed by atoms with Crippen LogP contribution < -0.4 is 5.32 Å². The summed E-state index contributed by atoms with van der Waals surface area (Å²) in [7, 11) is -3.52. The van der Waals surface area contributed by atoms with E-state index in [1.54, 1.807) is 0 Å². The molecule has 1 aliphatic heterocycles. The highest BCUT2D eigenvalue weighted by Crippen LogP contribution is 2.22. The number of sulfonamides is 1. The van der Waals surface area contributed by atoms with Crippen LogP contribution in [0, 0.1) is 0 Å². The van der Waals surface area contributed by atoms with Gasteiger partial charge >= 0.3 is 5.97 Å². The summed E-state index contributed by atoms with van der Waals surface area (Å²) in [5, 5.41) is 19.1. The first-order valence-corrected chi connectivity index (χ1v) is 10.1. The van der Waals surface area contributed by atoms with Crippen molar-refractivity contribution >= 4 is 38.4 Å². The fourth-order valence-electron chi connectivity index (χ4n) is 2.53. The van der Waals surface area contributed by atoms with Crippen molar-refractivity contribution in [1.82, 2.24) is 14.5 Å². The lowest BCUT2D eigenvalue weighted by molar-refractivity contribution is -0.136. The van der Waals surface area contributed by atoms with Gasteiger partial charge in [0.1, 0.15) is 5.01 Å². The van der Waals surface area contributed by atoms with Gasteiger partial charge in [0.2, 0.25) is 15.2 Å². The molecule has 26 heavy (non-hydrogen) atoms. The lowest BCUT2D eigenvalue weighted by atomic mass is 10.2. The molecule has 1 fully saturated rings. The van der Waals surface area contributed by atoms with E-state index in [4.69, 9.17) is 5.11 Å². The minimum absolute atomic E-state index is 0.149. The maximum absolute atomic E-state index is 12.5. The first-order valence-electron chi connectivity index (χ1n) is 7.82. The second-order valence-electron chi connectivity index (χ2n) is 5.66. The zero-order valence-corrected chi connectivity index (χ0v) is 15.2. The molecule has 2 heterocycles. The van der Waals surface area contributed by atoms with E-state index in [-0.39, 0.29) is 27.0 Å². The largest absolute Gasteiger partial charge is 0.481 e. The van der Waals surface area contributed by atoms with E-state index in [1.807, 2.05) is 0 Å². The van der Waals surface area contributed by atoms with Gasteiger partial charge in [-0.25, -0.2) is 8.42 Å². The van der Waals surface area contributed by atoms with E-state index in [9.17, 15) is 18.0 Å². The highest BCUT2D eigenvalue weighted by Gasteiger charge is 2.27. The number of aromatic nitrogens is 2. The smallest absolute Gasteiger partial charge is 0.310 e. The molecule has 0 radical (unpaired) electrons. The third-order valence-corrected chi connectivity index (χ3v) is 6.56. The Morgan fingerprint density at radius 2 is 1.81 bits per heavy atom. The van der Waals surface area contributed by atoms with Crippen LogP contribution in [0.4, 0.5) is 5.13 Å². The fraction of sp³-hybridized carbons (Fsp3) is 0.333. The lowest BCUT2D eigenvalue weighted by Gasteiger charge is -2.15. The molecule has 11 heteroatoms. The third-order valence-electron chi connectivity index (χ3n) is 3.81. The van der Waals surface area contributed by atoms with Gasteiger partial charge in [-0.3, -0.25) is 14.9 Å². The molecule has 138 valence electrons. The molecule has 1 amide bonds. The topological polar surface area (TPSA) is 130 Å². The molecule has 2 aromatic rings. The first kappa shape index (κ1) is 18.4. The molecule has 1 aliphatic rings. The second-order valence-corrected chi connectivity index (χ2v) is 8.66. The number of carboxylic acids is 1. The van der Waals surface area contributed by atoms with Gasteiger partial charge < -0.3 is 5.11 Å². The number of anilines is 1. The maximum atomic E-state index is 12.5. The summed E-state index contributed by atoms with van der Waals surface area (Å²) < 4.78 is 26.4. The number of carbonyl (C=O) groups is 2. The number of hydrogen-bond acceptors (Lipinski definition) is 7. The highest BCUT2D eigenvalue weighted by molar-refractivity contribution is 7.89. The van der Waals surface area contributed by atoms with Crippen LogP contribution in [0.1, 0.15) is 28.2 Å². The predicted molar refractivity (Wildman–Crippen MR) is 93.6 cm³/mol. The number of rotatable bonds is 6. The van der Waals surface area contributed by atoms with Crippen LogP contribution >= 0.6 is 11.3 Å². The number of hydrogen-bond donors (Lipinski definition) is 2. The average Bonchev–Trinajstić information content (AvgIpc) is 3.27. The van der Waals surface area contributed by atoms with Gasteiger partial charge in [0.15, 0.2) is 0 Å². The lowest BCUT2D eigenvalue weighted by Crippen LogP contribution is -2.27. The Morgan fingerprint density at radius 1 is 1.15 bits per heavy atom. The van der Waals surface area contributed by atoms with Gasteiger partial charge in [-0.1, -0.05) is 11.3 Å². The van der Waals surface area contributed by atoms with Crippen molar-refractivity contribution < 1.29 is 23.1 Å². The number of amides is 1. The second kappa shape index (κ2) is 7.48. The Bertz CT molecular complexity index is 918. The highest BCUT2D eigenvalue weighted by atomic mass is 32.2. The molecule has 2 N–H and O–H groups in total. The molecule has 1 aromatic carbocycles. The van der Waals surface area contributed by atoms with E-state index in [0.29, 0.717) is 13.1 Å². The maximum Gasteiger partial charge on any atom is 0.310 e. The summed E-state index contributed by atoms with van der Waals surface area (Å²) in [6.45, 7) is 1.03. The Kier molecular flexibility index (Phi) is 5.30. The Morgan fingerprint density at radius 3 is 2.42 bits per heavy atom. The molecule has 3 rings (SSSR count). The van der Waals surface area contributed by atoms with Crippen LogP contribution in [-0.2, 0) is 21.2 Å². The molecule has 1 saturated heterocycles. The van der Waals surface area contributed by atoms with Crippen LogP contribution in [0.5, 0.6) is 0 Å². The minimum atomic E-state index is -3.52. The van der Waals surface area contributed by atoms with Crippen molar-refractivity contribution in [2.75, 3.05) is 18.4 Å². The molecule has 1 aromatic heterocycles. The van der Waals surface area contributed by atoms with Crippen molar-refractivity contribution in [2.24, 2.45) is 0 Å². The molecular formula is C15H16N4O5S2. The quantitative estimate of drug-likeness (QED) is 0.750. The van der Waals surface area contributed by atoms with Crippen molar-refractivity contribution in [3.8, 4) is 0 Å². The van der Waals surface area contributed by atoms with Crippen LogP contribution in [0.3, 0.4) is 0 Å². The molecule has 0 unspecified atom stereocenters. The summed E-state index contributed by atoms with van der Waals surface area (Å²) in [4.78, 5) is 23.0. The average molecular weight is 396 g/mol. The van der Waals surface area contributed by atoms with Crippen LogP contribution in [-0.4, -0.2) is 53.0 Å². The molecule has 0 aliphatic carbocycles. The van der Waals surface area contributed by atoms with Crippen LogP contribution in [0.2, 0.25) is 0 Å². The first-order chi connectivity index (χ1) is 12.4. The van der Waals surface area contributed by atoms with Crippen molar-refractivity contribution in [1.29, 1.82) is 0 Å². The third kappa shape index (κ3) is 4.06.